The summed E-state index contributed by atoms with van der Waals surface area (Å²) in [5, 5.41) is 0. The Balaban J connectivity index is 1.89. The number of aryl methyl sites for hydroxylation is 6. The zero-order valence-corrected chi connectivity index (χ0v) is 74.0. The minimum absolute atomic E-state index is 0.0911. The third-order valence-electron chi connectivity index (χ3n) is 21.9. The van der Waals surface area contributed by atoms with Crippen LogP contribution in [0.25, 0.3) is 0 Å². The molecule has 0 aliphatic carbocycles. The van der Waals surface area contributed by atoms with Crippen molar-refractivity contribution < 1.29 is 36.2 Å². The van der Waals surface area contributed by atoms with Gasteiger partial charge in [-0.2, -0.15) is 0 Å². The Morgan fingerprint density at radius 3 is 0.686 bits per heavy atom. The van der Waals surface area contributed by atoms with E-state index in [-0.39, 0.29) is 11.8 Å². The Morgan fingerprint density at radius 2 is 0.438 bits per heavy atom. The molecule has 0 spiro atoms. The summed E-state index contributed by atoms with van der Waals surface area (Å²) in [4.78, 5) is 0. The van der Waals surface area contributed by atoms with E-state index in [2.05, 4.69) is 126 Å². The largest absolute Gasteiger partial charge is 0.447 e. The molecule has 0 saturated carbocycles. The van der Waals surface area contributed by atoms with E-state index in [0.717, 1.165) is 79.1 Å². The van der Waals surface area contributed by atoms with Crippen molar-refractivity contribution in [2.24, 2.45) is 0 Å². The summed E-state index contributed by atoms with van der Waals surface area (Å²) in [5.41, 5.74) is 11.1. The summed E-state index contributed by atoms with van der Waals surface area (Å²) < 4.78 is 53.4. The molecule has 0 aliphatic rings. The Labute approximate surface area is 655 Å². The molecule has 0 bridgehead atoms. The van der Waals surface area contributed by atoms with Gasteiger partial charge in [-0.15, -0.1) is 0 Å². The molecular formula is C94H169O8P3. The van der Waals surface area contributed by atoms with Crippen LogP contribution in [-0.2, 0) is 22.6 Å². The highest BCUT2D eigenvalue weighted by Crippen LogP contribution is 2.49. The highest BCUT2D eigenvalue weighted by atomic mass is 31.2. The molecule has 0 saturated heterocycles. The molecule has 3 atom stereocenters. The Morgan fingerprint density at radius 1 is 0.238 bits per heavy atom. The maximum absolute atomic E-state index is 6.94. The van der Waals surface area contributed by atoms with E-state index in [9.17, 15) is 0 Å². The van der Waals surface area contributed by atoms with Gasteiger partial charge < -0.3 is 36.2 Å². The van der Waals surface area contributed by atoms with Gasteiger partial charge in [-0.25, -0.2) is 0 Å². The first-order valence-corrected chi connectivity index (χ1v) is 49.0. The van der Waals surface area contributed by atoms with Crippen molar-refractivity contribution >= 4 is 25.6 Å². The lowest BCUT2D eigenvalue weighted by Gasteiger charge is -2.29. The molecule has 3 aromatic rings. The lowest BCUT2D eigenvalue weighted by atomic mass is 9.77. The molecule has 0 aliphatic heterocycles. The van der Waals surface area contributed by atoms with Gasteiger partial charge in [0.05, 0.1) is 33.0 Å². The van der Waals surface area contributed by atoms with Crippen LogP contribution in [0.5, 0.6) is 17.2 Å². The standard InChI is InChI=1S/C94H169O8P3/c1-14-19-24-29-34-39-44-49-54-59-64-69-95-103(13)100-92-79-83(8)89(76-86(92)11)91(90-77-87(12)94(80-84(90)9)102-105(98-72-67-62-57-52-47-42-37-32-27-22-17-4)99-73-68-63-58-53-48-43-38-33-28-23-18-5)74-81(6)88-75-85(10)93(78-82(88)7)101-104(96-70-65-60-55-50-45-40-35-30-25-20-15-2)97-71-66-61-56-51-46-41-36-31-26-21-16-3/h75-81,91H,14-74H2,1-13H3. The van der Waals surface area contributed by atoms with E-state index >= 15 is 0 Å². The van der Waals surface area contributed by atoms with Gasteiger partial charge in [0.25, 0.3) is 0 Å². The number of unbranched alkanes of at least 4 members (excludes halogenated alkanes) is 50. The maximum atomic E-state index is 6.94. The van der Waals surface area contributed by atoms with Crippen molar-refractivity contribution in [3.8, 4) is 17.2 Å². The van der Waals surface area contributed by atoms with Gasteiger partial charge in [0, 0.05) is 12.6 Å². The molecule has 3 rings (SSSR count). The van der Waals surface area contributed by atoms with E-state index in [1.165, 1.54) is 354 Å². The molecule has 8 nitrogen and oxygen atoms in total. The fraction of sp³-hybridized carbons (Fsp3) is 0.809. The van der Waals surface area contributed by atoms with E-state index in [1.807, 2.05) is 0 Å². The van der Waals surface area contributed by atoms with Crippen LogP contribution >= 0.6 is 25.6 Å². The van der Waals surface area contributed by atoms with Gasteiger partial charge in [0.1, 0.15) is 17.2 Å². The summed E-state index contributed by atoms with van der Waals surface area (Å²) in [5.74, 6) is 2.97. The molecule has 0 heterocycles. The Kier molecular flexibility index (Phi) is 62.9. The molecule has 0 N–H and O–H groups in total. The van der Waals surface area contributed by atoms with Gasteiger partial charge in [-0.05, 0) is 154 Å². The van der Waals surface area contributed by atoms with Crippen molar-refractivity contribution in [2.75, 3.05) is 39.7 Å². The molecule has 3 unspecified atom stereocenters. The molecule has 3 aromatic carbocycles. The summed E-state index contributed by atoms with van der Waals surface area (Å²) >= 11 is 0. The summed E-state index contributed by atoms with van der Waals surface area (Å²) in [6.07, 6.45) is 73.1. The molecule has 608 valence electrons. The zero-order valence-electron chi connectivity index (χ0n) is 71.4. The van der Waals surface area contributed by atoms with Gasteiger partial charge in [-0.3, -0.25) is 0 Å². The monoisotopic (exact) mass is 1520 g/mol. The summed E-state index contributed by atoms with van der Waals surface area (Å²) in [7, 11) is -4.19. The van der Waals surface area contributed by atoms with E-state index in [1.54, 1.807) is 0 Å². The van der Waals surface area contributed by atoms with Gasteiger partial charge in [0.2, 0.25) is 8.38 Å². The minimum Gasteiger partial charge on any atom is -0.447 e. The minimum atomic E-state index is -1.57. The topological polar surface area (TPSA) is 73.8 Å². The molecule has 0 amide bonds. The fourth-order valence-corrected chi connectivity index (χ4v) is 18.1. The van der Waals surface area contributed by atoms with E-state index in [0.29, 0.717) is 26.4 Å². The lowest BCUT2D eigenvalue weighted by Crippen LogP contribution is -2.12. The maximum Gasteiger partial charge on any atom is 0.397 e. The van der Waals surface area contributed by atoms with Gasteiger partial charge >= 0.3 is 17.2 Å². The molecule has 11 heteroatoms. The third kappa shape index (κ3) is 49.3. The lowest BCUT2D eigenvalue weighted by molar-refractivity contribution is 0.197. The Bertz CT molecular complexity index is 2420. The highest BCUT2D eigenvalue weighted by molar-refractivity contribution is 7.46. The van der Waals surface area contributed by atoms with Gasteiger partial charge in [0.15, 0.2) is 0 Å². The highest BCUT2D eigenvalue weighted by Gasteiger charge is 2.28. The number of benzene rings is 3. The smallest absolute Gasteiger partial charge is 0.397 e. The fourth-order valence-electron chi connectivity index (χ4n) is 15.0. The van der Waals surface area contributed by atoms with E-state index in [4.69, 9.17) is 36.2 Å². The van der Waals surface area contributed by atoms with Crippen LogP contribution in [0.3, 0.4) is 0 Å². The molecule has 105 heavy (non-hydrogen) atoms. The van der Waals surface area contributed by atoms with Crippen LogP contribution in [-0.4, -0.2) is 39.7 Å². The molecular weight excluding hydrogens is 1350 g/mol. The summed E-state index contributed by atoms with van der Waals surface area (Å²) in [6.45, 7) is 33.0. The molecule has 0 fully saturated rings. The van der Waals surface area contributed by atoms with Crippen LogP contribution in [0.15, 0.2) is 36.4 Å². The Hall–Kier alpha value is -1.85. The average Bonchev–Trinajstić information content (AvgIpc) is 0.776. The van der Waals surface area contributed by atoms with Crippen molar-refractivity contribution in [1.82, 2.24) is 0 Å². The second-order valence-corrected chi connectivity index (χ2v) is 35.7. The number of rotatable bonds is 76. The van der Waals surface area contributed by atoms with E-state index < -0.39 is 25.6 Å². The quantitative estimate of drug-likeness (QED) is 0.0409. The third-order valence-corrected chi connectivity index (χ3v) is 25.2. The first kappa shape index (κ1) is 97.3. The van der Waals surface area contributed by atoms with Crippen LogP contribution in [0, 0.1) is 41.5 Å². The first-order chi connectivity index (χ1) is 51.4. The predicted molar refractivity (Wildman–Crippen MR) is 463 cm³/mol. The second kappa shape index (κ2) is 67.8. The van der Waals surface area contributed by atoms with Gasteiger partial charge in [-0.1, -0.05) is 381 Å². The van der Waals surface area contributed by atoms with Crippen molar-refractivity contribution in [3.05, 3.63) is 86.5 Å². The van der Waals surface area contributed by atoms with Crippen molar-refractivity contribution in [1.29, 1.82) is 0 Å². The molecule has 0 aromatic heterocycles. The first-order valence-electron chi connectivity index (χ1n) is 45.2. The number of hydrogen-bond acceptors (Lipinski definition) is 8. The van der Waals surface area contributed by atoms with Crippen molar-refractivity contribution in [3.63, 3.8) is 0 Å². The zero-order chi connectivity index (χ0) is 75.8. The normalized spacial score (nSPS) is 12.7. The van der Waals surface area contributed by atoms with Crippen LogP contribution in [0.4, 0.5) is 0 Å². The average molecular weight is 1520 g/mol. The van der Waals surface area contributed by atoms with Crippen LogP contribution in [0.1, 0.15) is 463 Å². The molecule has 0 radical (unpaired) electrons. The SMILES string of the molecule is CCCCCCCCCCCCCOP(C)Oc1cc(C)c(C(CC(C)c2cc(C)c(OP(OCCCCCCCCCCCCC)OCCCCCCCCCCCCC)cc2C)c2cc(C)c(OP(OCCCCCCCCCCCCC)OCCCCCCCCCCCCC)cc2C)cc1C. The van der Waals surface area contributed by atoms with Crippen molar-refractivity contribution in [2.45, 2.75) is 454 Å². The van der Waals surface area contributed by atoms with Crippen LogP contribution < -0.4 is 13.6 Å². The number of hydrogen-bond donors (Lipinski definition) is 0. The second-order valence-electron chi connectivity index (χ2n) is 32.1. The summed E-state index contributed by atoms with van der Waals surface area (Å²) in [6, 6.07) is 14.1. The predicted octanol–water partition coefficient (Wildman–Crippen LogP) is 34.0. The van der Waals surface area contributed by atoms with Crippen LogP contribution in [0.2, 0.25) is 0 Å².